The zero-order valence-electron chi connectivity index (χ0n) is 11.6. The number of aryl methyl sites for hydroxylation is 1. The number of nitrogens with two attached hydrogens (primary N) is 1. The maximum atomic E-state index is 12.7. The van der Waals surface area contributed by atoms with Crippen LogP contribution in [0.25, 0.3) is 0 Å². The number of rotatable bonds is 4. The number of sulfonamides is 1. The third kappa shape index (κ3) is 2.95. The third-order valence-corrected chi connectivity index (χ3v) is 5.71. The van der Waals surface area contributed by atoms with Crippen LogP contribution in [-0.4, -0.2) is 62.1 Å². The van der Waals surface area contributed by atoms with E-state index in [0.717, 1.165) is 0 Å². The Morgan fingerprint density at radius 1 is 1.25 bits per heavy atom. The lowest BCUT2D eigenvalue weighted by Gasteiger charge is -2.34. The Kier molecular flexibility index (Phi) is 4.64. The lowest BCUT2D eigenvalue weighted by molar-refractivity contribution is 0.151. The Labute approximate surface area is 119 Å². The minimum atomic E-state index is -3.54. The molecule has 1 aromatic rings. The lowest BCUT2D eigenvalue weighted by Crippen LogP contribution is -2.49. The number of anilines is 1. The molecule has 2 rings (SSSR count). The first kappa shape index (κ1) is 15.2. The number of hydrogen-bond donors (Lipinski definition) is 2. The molecule has 0 atom stereocenters. The van der Waals surface area contributed by atoms with Gasteiger partial charge in [0.05, 0.1) is 12.3 Å². The summed E-state index contributed by atoms with van der Waals surface area (Å²) in [5, 5.41) is 8.91. The average molecular weight is 299 g/mol. The molecule has 0 radical (unpaired) electrons. The summed E-state index contributed by atoms with van der Waals surface area (Å²) in [7, 11) is -3.54. The monoisotopic (exact) mass is 299 g/mol. The van der Waals surface area contributed by atoms with Crippen molar-refractivity contribution in [3.05, 3.63) is 23.8 Å². The second-order valence-corrected chi connectivity index (χ2v) is 6.84. The summed E-state index contributed by atoms with van der Waals surface area (Å²) >= 11 is 0. The predicted molar refractivity (Wildman–Crippen MR) is 77.9 cm³/mol. The molecule has 0 unspecified atom stereocenters. The van der Waals surface area contributed by atoms with Gasteiger partial charge in [-0.05, 0) is 18.6 Å². The van der Waals surface area contributed by atoms with Crippen molar-refractivity contribution in [2.24, 2.45) is 0 Å². The molecule has 1 saturated heterocycles. The maximum absolute atomic E-state index is 12.7. The number of hydrogen-bond acceptors (Lipinski definition) is 5. The highest BCUT2D eigenvalue weighted by Gasteiger charge is 2.30. The molecule has 1 aliphatic rings. The third-order valence-electron chi connectivity index (χ3n) is 3.59. The first-order chi connectivity index (χ1) is 9.46. The van der Waals surface area contributed by atoms with Crippen molar-refractivity contribution in [2.45, 2.75) is 11.8 Å². The van der Waals surface area contributed by atoms with Gasteiger partial charge < -0.3 is 10.8 Å². The molecular formula is C13H21N3O3S. The highest BCUT2D eigenvalue weighted by molar-refractivity contribution is 7.89. The van der Waals surface area contributed by atoms with Gasteiger partial charge in [-0.15, -0.1) is 0 Å². The average Bonchev–Trinajstić information content (AvgIpc) is 2.39. The molecule has 0 aromatic heterocycles. The van der Waals surface area contributed by atoms with E-state index in [1.165, 1.54) is 4.31 Å². The van der Waals surface area contributed by atoms with E-state index in [9.17, 15) is 8.42 Å². The van der Waals surface area contributed by atoms with Gasteiger partial charge in [-0.3, -0.25) is 4.90 Å². The van der Waals surface area contributed by atoms with Crippen LogP contribution in [0.5, 0.6) is 0 Å². The van der Waals surface area contributed by atoms with Crippen LogP contribution >= 0.6 is 0 Å². The van der Waals surface area contributed by atoms with Crippen LogP contribution in [0.3, 0.4) is 0 Å². The van der Waals surface area contributed by atoms with E-state index in [4.69, 9.17) is 10.8 Å². The number of benzene rings is 1. The number of nitrogen functional groups attached to an aromatic ring is 1. The molecule has 1 fully saturated rings. The van der Waals surface area contributed by atoms with Crippen LogP contribution in [-0.2, 0) is 10.0 Å². The number of aliphatic hydroxyl groups is 1. The van der Waals surface area contributed by atoms with Gasteiger partial charge in [0.15, 0.2) is 0 Å². The van der Waals surface area contributed by atoms with Crippen LogP contribution in [0.1, 0.15) is 5.56 Å². The lowest BCUT2D eigenvalue weighted by atomic mass is 10.2. The SMILES string of the molecule is Cc1cccc(N)c1S(=O)(=O)N1CCN(CCO)CC1. The van der Waals surface area contributed by atoms with Crippen molar-refractivity contribution in [2.75, 3.05) is 45.1 Å². The molecule has 1 aromatic carbocycles. The zero-order valence-corrected chi connectivity index (χ0v) is 12.4. The van der Waals surface area contributed by atoms with Gasteiger partial charge in [0, 0.05) is 32.7 Å². The molecular weight excluding hydrogens is 278 g/mol. The summed E-state index contributed by atoms with van der Waals surface area (Å²) in [6.45, 7) is 4.55. The van der Waals surface area contributed by atoms with Gasteiger partial charge in [-0.25, -0.2) is 8.42 Å². The molecule has 112 valence electrons. The number of piperazine rings is 1. The Morgan fingerprint density at radius 3 is 2.45 bits per heavy atom. The fourth-order valence-corrected chi connectivity index (χ4v) is 4.23. The summed E-state index contributed by atoms with van der Waals surface area (Å²) in [4.78, 5) is 2.27. The van der Waals surface area contributed by atoms with Crippen molar-refractivity contribution in [1.82, 2.24) is 9.21 Å². The van der Waals surface area contributed by atoms with Crippen LogP contribution in [0.15, 0.2) is 23.1 Å². The standard InChI is InChI=1S/C13H21N3O3S/c1-11-3-2-4-12(14)13(11)20(18,19)16-7-5-15(6-8-16)9-10-17/h2-4,17H,5-10,14H2,1H3. The minimum Gasteiger partial charge on any atom is -0.398 e. The normalized spacial score (nSPS) is 18.3. The van der Waals surface area contributed by atoms with Gasteiger partial charge >= 0.3 is 0 Å². The van der Waals surface area contributed by atoms with Crippen molar-refractivity contribution >= 4 is 15.7 Å². The quantitative estimate of drug-likeness (QED) is 0.757. The van der Waals surface area contributed by atoms with E-state index in [1.54, 1.807) is 25.1 Å². The second kappa shape index (κ2) is 6.09. The van der Waals surface area contributed by atoms with E-state index in [-0.39, 0.29) is 11.5 Å². The van der Waals surface area contributed by atoms with Gasteiger partial charge in [-0.2, -0.15) is 4.31 Å². The first-order valence-electron chi connectivity index (χ1n) is 6.65. The molecule has 6 nitrogen and oxygen atoms in total. The topological polar surface area (TPSA) is 86.9 Å². The summed E-state index contributed by atoms with van der Waals surface area (Å²) < 4.78 is 26.8. The van der Waals surface area contributed by atoms with Crippen LogP contribution in [0.4, 0.5) is 5.69 Å². The molecule has 0 aliphatic carbocycles. The van der Waals surface area contributed by atoms with Gasteiger partial charge in [-0.1, -0.05) is 12.1 Å². The van der Waals surface area contributed by atoms with Gasteiger partial charge in [0.25, 0.3) is 0 Å². The molecule has 0 saturated carbocycles. The summed E-state index contributed by atoms with van der Waals surface area (Å²) in [6, 6.07) is 5.12. The maximum Gasteiger partial charge on any atom is 0.245 e. The van der Waals surface area contributed by atoms with Gasteiger partial charge in [0.2, 0.25) is 10.0 Å². The Bertz CT molecular complexity index is 546. The number of nitrogens with zero attached hydrogens (tertiary/aromatic N) is 2. The predicted octanol–water partition coefficient (Wildman–Crippen LogP) is -0.124. The van der Waals surface area contributed by atoms with Crippen molar-refractivity contribution in [3.8, 4) is 0 Å². The smallest absolute Gasteiger partial charge is 0.245 e. The van der Waals surface area contributed by atoms with E-state index in [2.05, 4.69) is 0 Å². The van der Waals surface area contributed by atoms with Crippen LogP contribution in [0.2, 0.25) is 0 Å². The Hall–Kier alpha value is -1.15. The Morgan fingerprint density at radius 2 is 1.90 bits per heavy atom. The minimum absolute atomic E-state index is 0.0947. The molecule has 1 heterocycles. The summed E-state index contributed by atoms with van der Waals surface area (Å²) in [5.41, 5.74) is 6.80. The summed E-state index contributed by atoms with van der Waals surface area (Å²) in [5.74, 6) is 0. The second-order valence-electron chi connectivity index (χ2n) is 4.96. The highest BCUT2D eigenvalue weighted by atomic mass is 32.2. The van der Waals surface area contributed by atoms with Crippen LogP contribution < -0.4 is 5.73 Å². The molecule has 0 bridgehead atoms. The van der Waals surface area contributed by atoms with Gasteiger partial charge in [0.1, 0.15) is 4.90 Å². The van der Waals surface area contributed by atoms with E-state index in [0.29, 0.717) is 44.0 Å². The van der Waals surface area contributed by atoms with Crippen molar-refractivity contribution in [1.29, 1.82) is 0 Å². The van der Waals surface area contributed by atoms with Crippen molar-refractivity contribution in [3.63, 3.8) is 0 Å². The molecule has 0 amide bonds. The summed E-state index contributed by atoms with van der Waals surface area (Å²) in [6.07, 6.45) is 0. The van der Waals surface area contributed by atoms with E-state index < -0.39 is 10.0 Å². The number of aliphatic hydroxyl groups excluding tert-OH is 1. The highest BCUT2D eigenvalue weighted by Crippen LogP contribution is 2.26. The Balaban J connectivity index is 2.20. The molecule has 3 N–H and O–H groups in total. The largest absolute Gasteiger partial charge is 0.398 e. The first-order valence-corrected chi connectivity index (χ1v) is 8.09. The molecule has 0 spiro atoms. The number of β-amino-alcohol motifs (C(OH)–C–C–N with tert-alkyl or cyclic N) is 1. The van der Waals surface area contributed by atoms with Crippen molar-refractivity contribution < 1.29 is 13.5 Å². The zero-order chi connectivity index (χ0) is 14.8. The molecule has 1 aliphatic heterocycles. The fraction of sp³-hybridized carbons (Fsp3) is 0.538. The fourth-order valence-electron chi connectivity index (χ4n) is 2.49. The van der Waals surface area contributed by atoms with Crippen LogP contribution in [0, 0.1) is 6.92 Å². The molecule has 20 heavy (non-hydrogen) atoms. The van der Waals surface area contributed by atoms with E-state index in [1.807, 2.05) is 4.90 Å². The molecule has 7 heteroatoms. The van der Waals surface area contributed by atoms with E-state index >= 15 is 0 Å².